The molecule has 1 atom stereocenters. The van der Waals surface area contributed by atoms with Gasteiger partial charge < -0.3 is 20.1 Å². The van der Waals surface area contributed by atoms with Gasteiger partial charge in [0.15, 0.2) is 11.5 Å². The number of benzene rings is 2. The highest BCUT2D eigenvalue weighted by molar-refractivity contribution is 5.74. The number of hydrogen-bond acceptors (Lipinski definition) is 3. The van der Waals surface area contributed by atoms with Gasteiger partial charge in [0.05, 0.1) is 0 Å². The molecule has 0 unspecified atom stereocenters. The Hall–Kier alpha value is -2.76. The summed E-state index contributed by atoms with van der Waals surface area (Å²) in [5, 5.41) is 5.59. The second-order valence-electron chi connectivity index (χ2n) is 5.71. The molecular formula is C18H19FN2O3. The lowest BCUT2D eigenvalue weighted by Gasteiger charge is -2.15. The Labute approximate surface area is 139 Å². The molecule has 2 aromatic carbocycles. The lowest BCUT2D eigenvalue weighted by molar-refractivity contribution is 0.174. The van der Waals surface area contributed by atoms with Crippen LogP contribution in [-0.2, 0) is 13.0 Å². The first kappa shape index (κ1) is 16.1. The maximum Gasteiger partial charge on any atom is 0.315 e. The van der Waals surface area contributed by atoms with E-state index >= 15 is 0 Å². The van der Waals surface area contributed by atoms with Gasteiger partial charge in [0, 0.05) is 12.6 Å². The number of carbonyl (C=O) groups excluding carboxylic acids is 1. The van der Waals surface area contributed by atoms with E-state index in [1.54, 1.807) is 18.2 Å². The van der Waals surface area contributed by atoms with E-state index in [4.69, 9.17) is 9.47 Å². The third-order valence-electron chi connectivity index (χ3n) is 3.75. The van der Waals surface area contributed by atoms with Crippen molar-refractivity contribution in [3.8, 4) is 11.5 Å². The molecule has 0 fully saturated rings. The van der Waals surface area contributed by atoms with Gasteiger partial charge in [-0.15, -0.1) is 0 Å². The number of halogens is 1. The van der Waals surface area contributed by atoms with Crippen LogP contribution >= 0.6 is 0 Å². The first-order valence-electron chi connectivity index (χ1n) is 7.78. The SMILES string of the molecule is C[C@@H](Cc1ccccc1F)NC(=O)NCc1ccc2c(c1)OCO2. The van der Waals surface area contributed by atoms with Gasteiger partial charge >= 0.3 is 6.03 Å². The van der Waals surface area contributed by atoms with Gasteiger partial charge in [-0.25, -0.2) is 9.18 Å². The third kappa shape index (κ3) is 3.95. The molecule has 5 nitrogen and oxygen atoms in total. The van der Waals surface area contributed by atoms with Crippen molar-refractivity contribution >= 4 is 6.03 Å². The highest BCUT2D eigenvalue weighted by Crippen LogP contribution is 2.32. The summed E-state index contributed by atoms with van der Waals surface area (Å²) in [7, 11) is 0. The monoisotopic (exact) mass is 330 g/mol. The standard InChI is InChI=1S/C18H19FN2O3/c1-12(8-14-4-2-3-5-15(14)19)21-18(22)20-10-13-6-7-16-17(9-13)24-11-23-16/h2-7,9,12H,8,10-11H2,1H3,(H2,20,21,22)/t12-/m0/s1. The molecule has 24 heavy (non-hydrogen) atoms. The molecule has 0 spiro atoms. The van der Waals surface area contributed by atoms with E-state index in [1.807, 2.05) is 25.1 Å². The average molecular weight is 330 g/mol. The molecule has 1 heterocycles. The van der Waals surface area contributed by atoms with Crippen molar-refractivity contribution < 1.29 is 18.7 Å². The van der Waals surface area contributed by atoms with Crippen LogP contribution in [0.2, 0.25) is 0 Å². The number of nitrogens with one attached hydrogen (secondary N) is 2. The zero-order chi connectivity index (χ0) is 16.9. The summed E-state index contributed by atoms with van der Waals surface area (Å²) in [6.07, 6.45) is 0.435. The molecule has 1 aliphatic rings. The number of fused-ring (bicyclic) bond motifs is 1. The predicted octanol–water partition coefficient (Wildman–Crippen LogP) is 2.98. The number of amides is 2. The lowest BCUT2D eigenvalue weighted by Crippen LogP contribution is -2.41. The molecule has 0 radical (unpaired) electrons. The average Bonchev–Trinajstić information content (AvgIpc) is 3.02. The fraction of sp³-hybridized carbons (Fsp3) is 0.278. The van der Waals surface area contributed by atoms with Crippen molar-refractivity contribution in [2.24, 2.45) is 0 Å². The molecule has 3 rings (SSSR count). The highest BCUT2D eigenvalue weighted by Gasteiger charge is 2.14. The van der Waals surface area contributed by atoms with Crippen LogP contribution in [0.3, 0.4) is 0 Å². The van der Waals surface area contributed by atoms with Crippen LogP contribution in [0.15, 0.2) is 42.5 Å². The maximum atomic E-state index is 13.6. The topological polar surface area (TPSA) is 59.6 Å². The smallest absolute Gasteiger partial charge is 0.315 e. The molecule has 2 amide bonds. The Morgan fingerprint density at radius 2 is 2.00 bits per heavy atom. The minimum atomic E-state index is -0.295. The van der Waals surface area contributed by atoms with E-state index in [0.717, 1.165) is 5.56 Å². The Bertz CT molecular complexity index is 736. The van der Waals surface area contributed by atoms with Gasteiger partial charge in [0.25, 0.3) is 0 Å². The summed E-state index contributed by atoms with van der Waals surface area (Å²) in [6.45, 7) is 2.43. The normalized spacial score (nSPS) is 13.4. The zero-order valence-electron chi connectivity index (χ0n) is 13.3. The van der Waals surface area contributed by atoms with Gasteiger partial charge in [-0.1, -0.05) is 24.3 Å². The van der Waals surface area contributed by atoms with Crippen molar-refractivity contribution in [2.45, 2.75) is 25.9 Å². The second-order valence-corrected chi connectivity index (χ2v) is 5.71. The summed E-state index contributed by atoms with van der Waals surface area (Å²) >= 11 is 0. The fourth-order valence-electron chi connectivity index (χ4n) is 2.55. The molecule has 0 bridgehead atoms. The lowest BCUT2D eigenvalue weighted by atomic mass is 10.1. The number of ether oxygens (including phenoxy) is 2. The summed E-state index contributed by atoms with van der Waals surface area (Å²) in [5.74, 6) is 1.14. The van der Waals surface area contributed by atoms with E-state index in [2.05, 4.69) is 10.6 Å². The quantitative estimate of drug-likeness (QED) is 0.886. The van der Waals surface area contributed by atoms with Crippen molar-refractivity contribution in [3.63, 3.8) is 0 Å². The molecule has 2 N–H and O–H groups in total. The fourth-order valence-corrected chi connectivity index (χ4v) is 2.55. The minimum absolute atomic E-state index is 0.182. The molecule has 6 heteroatoms. The van der Waals surface area contributed by atoms with Gasteiger partial charge in [-0.3, -0.25) is 0 Å². The van der Waals surface area contributed by atoms with Crippen LogP contribution in [0.4, 0.5) is 9.18 Å². The van der Waals surface area contributed by atoms with E-state index in [-0.39, 0.29) is 24.7 Å². The summed E-state index contributed by atoms with van der Waals surface area (Å²) < 4.78 is 24.2. The van der Waals surface area contributed by atoms with Crippen molar-refractivity contribution in [1.82, 2.24) is 10.6 Å². The van der Waals surface area contributed by atoms with Crippen LogP contribution in [0.5, 0.6) is 11.5 Å². The van der Waals surface area contributed by atoms with Gasteiger partial charge in [-0.2, -0.15) is 0 Å². The molecular weight excluding hydrogens is 311 g/mol. The third-order valence-corrected chi connectivity index (χ3v) is 3.75. The van der Waals surface area contributed by atoms with E-state index < -0.39 is 0 Å². The van der Waals surface area contributed by atoms with E-state index in [0.29, 0.717) is 30.0 Å². The first-order chi connectivity index (χ1) is 11.6. The summed E-state index contributed by atoms with van der Waals surface area (Å²) in [5.41, 5.74) is 1.50. The second kappa shape index (κ2) is 7.21. The van der Waals surface area contributed by atoms with Crippen LogP contribution in [0.1, 0.15) is 18.1 Å². The Morgan fingerprint density at radius 1 is 1.21 bits per heavy atom. The van der Waals surface area contributed by atoms with Gasteiger partial charge in [0.2, 0.25) is 6.79 Å². The molecule has 126 valence electrons. The number of urea groups is 1. The van der Waals surface area contributed by atoms with E-state index in [1.165, 1.54) is 6.07 Å². The molecule has 0 saturated carbocycles. The Kier molecular flexibility index (Phi) is 4.84. The molecule has 2 aromatic rings. The number of rotatable bonds is 5. The summed E-state index contributed by atoms with van der Waals surface area (Å²) in [4.78, 5) is 12.0. The zero-order valence-corrected chi connectivity index (χ0v) is 13.3. The molecule has 0 aliphatic carbocycles. The van der Waals surface area contributed by atoms with Crippen LogP contribution in [0.25, 0.3) is 0 Å². The largest absolute Gasteiger partial charge is 0.454 e. The minimum Gasteiger partial charge on any atom is -0.454 e. The molecule has 1 aliphatic heterocycles. The molecule has 0 saturated heterocycles. The van der Waals surface area contributed by atoms with Crippen LogP contribution in [-0.4, -0.2) is 18.9 Å². The van der Waals surface area contributed by atoms with Crippen LogP contribution < -0.4 is 20.1 Å². The van der Waals surface area contributed by atoms with Crippen LogP contribution in [0, 0.1) is 5.82 Å². The summed E-state index contributed by atoms with van der Waals surface area (Å²) in [6, 6.07) is 11.6. The van der Waals surface area contributed by atoms with Gasteiger partial charge in [-0.05, 0) is 42.7 Å². The van der Waals surface area contributed by atoms with Gasteiger partial charge in [0.1, 0.15) is 5.82 Å². The van der Waals surface area contributed by atoms with Crippen molar-refractivity contribution in [1.29, 1.82) is 0 Å². The highest BCUT2D eigenvalue weighted by atomic mass is 19.1. The van der Waals surface area contributed by atoms with E-state index in [9.17, 15) is 9.18 Å². The Balaban J connectivity index is 1.48. The maximum absolute atomic E-state index is 13.6. The van der Waals surface area contributed by atoms with Crippen molar-refractivity contribution in [2.75, 3.05) is 6.79 Å². The number of hydrogen-bond donors (Lipinski definition) is 2. The predicted molar refractivity (Wildman–Crippen MR) is 87.5 cm³/mol. The molecule has 0 aromatic heterocycles. The first-order valence-corrected chi connectivity index (χ1v) is 7.78. The van der Waals surface area contributed by atoms with Crippen molar-refractivity contribution in [3.05, 3.63) is 59.4 Å². The Morgan fingerprint density at radius 3 is 2.83 bits per heavy atom. The number of carbonyl (C=O) groups is 1.